The lowest BCUT2D eigenvalue weighted by Crippen LogP contribution is -2.28. The largest absolute Gasteiger partial charge is 0.462 e. The number of hydrogen-bond acceptors (Lipinski definition) is 5. The Morgan fingerprint density at radius 2 is 1.87 bits per heavy atom. The SMILES string of the molecule is O=C(Nc1ccc(C(=O)N2CCc3ccccc32)cc1)c1csc(-c2ccco2)n1. The van der Waals surface area contributed by atoms with Crippen molar-refractivity contribution in [2.45, 2.75) is 6.42 Å². The van der Waals surface area contributed by atoms with Crippen LogP contribution in [0.5, 0.6) is 0 Å². The molecule has 0 radical (unpaired) electrons. The van der Waals surface area contributed by atoms with Crippen molar-refractivity contribution in [3.63, 3.8) is 0 Å². The van der Waals surface area contributed by atoms with Gasteiger partial charge in [-0.3, -0.25) is 9.59 Å². The molecule has 1 aliphatic rings. The fourth-order valence-corrected chi connectivity index (χ4v) is 4.25. The summed E-state index contributed by atoms with van der Waals surface area (Å²) in [6.07, 6.45) is 2.43. The summed E-state index contributed by atoms with van der Waals surface area (Å²) < 4.78 is 5.31. The molecule has 148 valence electrons. The minimum atomic E-state index is -0.309. The smallest absolute Gasteiger partial charge is 0.275 e. The Bertz CT molecular complexity index is 1210. The Kier molecular flexibility index (Phi) is 4.65. The highest BCUT2D eigenvalue weighted by atomic mass is 32.1. The van der Waals surface area contributed by atoms with Crippen LogP contribution in [0.4, 0.5) is 11.4 Å². The first kappa shape index (κ1) is 18.3. The van der Waals surface area contributed by atoms with E-state index in [-0.39, 0.29) is 11.8 Å². The van der Waals surface area contributed by atoms with E-state index in [4.69, 9.17) is 4.42 Å². The van der Waals surface area contributed by atoms with E-state index in [9.17, 15) is 9.59 Å². The fourth-order valence-electron chi connectivity index (χ4n) is 3.49. The minimum Gasteiger partial charge on any atom is -0.462 e. The number of anilines is 2. The van der Waals surface area contributed by atoms with E-state index >= 15 is 0 Å². The molecule has 2 aromatic carbocycles. The van der Waals surface area contributed by atoms with E-state index in [1.807, 2.05) is 18.2 Å². The summed E-state index contributed by atoms with van der Waals surface area (Å²) in [5.74, 6) is 0.280. The Morgan fingerprint density at radius 1 is 1.03 bits per heavy atom. The van der Waals surface area contributed by atoms with Gasteiger partial charge in [-0.1, -0.05) is 18.2 Å². The normalized spacial score (nSPS) is 12.6. The number of thiazole rings is 1. The van der Waals surface area contributed by atoms with E-state index in [0.29, 0.717) is 34.3 Å². The number of para-hydroxylation sites is 1. The van der Waals surface area contributed by atoms with Crippen molar-refractivity contribution in [3.05, 3.63) is 89.1 Å². The molecule has 4 aromatic rings. The summed E-state index contributed by atoms with van der Waals surface area (Å²) in [4.78, 5) is 31.5. The van der Waals surface area contributed by atoms with E-state index < -0.39 is 0 Å². The number of fused-ring (bicyclic) bond motifs is 1. The summed E-state index contributed by atoms with van der Waals surface area (Å²) in [5.41, 5.74) is 3.66. The summed E-state index contributed by atoms with van der Waals surface area (Å²) >= 11 is 1.35. The highest BCUT2D eigenvalue weighted by Gasteiger charge is 2.25. The van der Waals surface area contributed by atoms with Gasteiger partial charge in [0.05, 0.1) is 6.26 Å². The second kappa shape index (κ2) is 7.61. The number of benzene rings is 2. The van der Waals surface area contributed by atoms with Gasteiger partial charge in [-0.25, -0.2) is 4.98 Å². The van der Waals surface area contributed by atoms with Crippen LogP contribution in [0.25, 0.3) is 10.8 Å². The molecule has 0 unspecified atom stereocenters. The first-order valence-corrected chi connectivity index (χ1v) is 10.4. The molecule has 2 aromatic heterocycles. The molecule has 0 saturated heterocycles. The second-order valence-electron chi connectivity index (χ2n) is 6.88. The van der Waals surface area contributed by atoms with Crippen LogP contribution >= 0.6 is 11.3 Å². The molecular weight excluding hydrogens is 398 g/mol. The summed E-state index contributed by atoms with van der Waals surface area (Å²) in [7, 11) is 0. The summed E-state index contributed by atoms with van der Waals surface area (Å²) in [5, 5.41) is 5.16. The fraction of sp³-hybridized carbons (Fsp3) is 0.0870. The average molecular weight is 415 g/mol. The molecular formula is C23H17N3O3S. The van der Waals surface area contributed by atoms with E-state index in [0.717, 1.165) is 12.1 Å². The van der Waals surface area contributed by atoms with Gasteiger partial charge in [-0.05, 0) is 54.4 Å². The van der Waals surface area contributed by atoms with Gasteiger partial charge in [-0.15, -0.1) is 11.3 Å². The minimum absolute atomic E-state index is 0.0413. The third kappa shape index (κ3) is 3.40. The monoisotopic (exact) mass is 415 g/mol. The molecule has 1 N–H and O–H groups in total. The van der Waals surface area contributed by atoms with Gasteiger partial charge in [0.15, 0.2) is 10.8 Å². The van der Waals surface area contributed by atoms with Gasteiger partial charge >= 0.3 is 0 Å². The van der Waals surface area contributed by atoms with Crippen molar-refractivity contribution in [2.24, 2.45) is 0 Å². The predicted molar refractivity (Wildman–Crippen MR) is 116 cm³/mol. The van der Waals surface area contributed by atoms with E-state index in [2.05, 4.69) is 16.4 Å². The lowest BCUT2D eigenvalue weighted by Gasteiger charge is -2.17. The van der Waals surface area contributed by atoms with Crippen molar-refractivity contribution in [1.29, 1.82) is 0 Å². The van der Waals surface area contributed by atoms with Crippen molar-refractivity contribution < 1.29 is 14.0 Å². The van der Waals surface area contributed by atoms with Gasteiger partial charge in [0.2, 0.25) is 0 Å². The lowest BCUT2D eigenvalue weighted by atomic mass is 10.1. The number of nitrogens with zero attached hydrogens (tertiary/aromatic N) is 2. The van der Waals surface area contributed by atoms with Crippen LogP contribution in [0.15, 0.2) is 76.7 Å². The molecule has 0 aliphatic carbocycles. The summed E-state index contributed by atoms with van der Waals surface area (Å²) in [6, 6.07) is 18.5. The van der Waals surface area contributed by atoms with E-state index in [1.54, 1.807) is 52.9 Å². The predicted octanol–water partition coefficient (Wildman–Crippen LogP) is 4.86. The molecule has 5 rings (SSSR count). The molecule has 6 nitrogen and oxygen atoms in total. The van der Waals surface area contributed by atoms with Crippen LogP contribution in [-0.2, 0) is 6.42 Å². The Labute approximate surface area is 176 Å². The molecule has 1 aliphatic heterocycles. The molecule has 0 saturated carbocycles. The molecule has 30 heavy (non-hydrogen) atoms. The zero-order valence-corrected chi connectivity index (χ0v) is 16.7. The van der Waals surface area contributed by atoms with Crippen LogP contribution in [0.1, 0.15) is 26.4 Å². The molecule has 0 fully saturated rings. The van der Waals surface area contributed by atoms with Crippen molar-refractivity contribution in [2.75, 3.05) is 16.8 Å². The average Bonchev–Trinajstić information content (AvgIpc) is 3.54. The van der Waals surface area contributed by atoms with Crippen molar-refractivity contribution in [1.82, 2.24) is 4.98 Å². The zero-order chi connectivity index (χ0) is 20.5. The van der Waals surface area contributed by atoms with Crippen LogP contribution in [0, 0.1) is 0 Å². The number of nitrogens with one attached hydrogen (secondary N) is 1. The lowest BCUT2D eigenvalue weighted by molar-refractivity contribution is 0.0988. The molecule has 0 spiro atoms. The third-order valence-electron chi connectivity index (χ3n) is 4.99. The first-order chi connectivity index (χ1) is 14.7. The number of rotatable bonds is 4. The quantitative estimate of drug-likeness (QED) is 0.517. The number of amides is 2. The molecule has 0 bridgehead atoms. The number of furan rings is 1. The maximum atomic E-state index is 12.9. The van der Waals surface area contributed by atoms with Crippen LogP contribution < -0.4 is 10.2 Å². The molecule has 0 atom stereocenters. The number of carbonyl (C=O) groups excluding carboxylic acids is 2. The molecule has 7 heteroatoms. The Morgan fingerprint density at radius 3 is 2.67 bits per heavy atom. The van der Waals surface area contributed by atoms with Crippen molar-refractivity contribution >= 4 is 34.5 Å². The zero-order valence-electron chi connectivity index (χ0n) is 15.9. The first-order valence-electron chi connectivity index (χ1n) is 9.49. The van der Waals surface area contributed by atoms with Gasteiger partial charge in [0.1, 0.15) is 5.69 Å². The maximum Gasteiger partial charge on any atom is 0.275 e. The number of carbonyl (C=O) groups is 2. The van der Waals surface area contributed by atoms with Crippen LogP contribution in [0.2, 0.25) is 0 Å². The van der Waals surface area contributed by atoms with Crippen LogP contribution in [0.3, 0.4) is 0 Å². The van der Waals surface area contributed by atoms with Gasteiger partial charge in [-0.2, -0.15) is 0 Å². The highest BCUT2D eigenvalue weighted by Crippen LogP contribution is 2.29. The standard InChI is InChI=1S/C23H17N3O3S/c27-21(18-14-30-22(25-18)20-6-3-13-29-20)24-17-9-7-16(8-10-17)23(28)26-12-11-15-4-1-2-5-19(15)26/h1-10,13-14H,11-12H2,(H,24,27). The molecule has 3 heterocycles. The Balaban J connectivity index is 1.28. The van der Waals surface area contributed by atoms with E-state index in [1.165, 1.54) is 16.9 Å². The Hall–Kier alpha value is -3.71. The topological polar surface area (TPSA) is 75.4 Å². The van der Waals surface area contributed by atoms with Gasteiger partial charge < -0.3 is 14.6 Å². The third-order valence-corrected chi connectivity index (χ3v) is 5.85. The van der Waals surface area contributed by atoms with Gasteiger partial charge in [0, 0.05) is 28.9 Å². The number of hydrogen-bond donors (Lipinski definition) is 1. The van der Waals surface area contributed by atoms with Crippen molar-refractivity contribution in [3.8, 4) is 10.8 Å². The maximum absolute atomic E-state index is 12.9. The number of aromatic nitrogens is 1. The highest BCUT2D eigenvalue weighted by molar-refractivity contribution is 7.13. The van der Waals surface area contributed by atoms with Gasteiger partial charge in [0.25, 0.3) is 11.8 Å². The summed E-state index contributed by atoms with van der Waals surface area (Å²) in [6.45, 7) is 0.679. The van der Waals surface area contributed by atoms with Crippen LogP contribution in [-0.4, -0.2) is 23.3 Å². The second-order valence-corrected chi connectivity index (χ2v) is 7.74. The molecule has 2 amide bonds.